The zero-order valence-corrected chi connectivity index (χ0v) is 13.2. The molecule has 2 rings (SSSR count). The Bertz CT molecular complexity index is 601. The van der Waals surface area contributed by atoms with Crippen LogP contribution in [-0.4, -0.2) is 29.5 Å². The second kappa shape index (κ2) is 8.16. The van der Waals surface area contributed by atoms with Gasteiger partial charge in [0, 0.05) is 25.3 Å². The predicted molar refractivity (Wildman–Crippen MR) is 89.4 cm³/mol. The molecule has 0 aliphatic carbocycles. The number of nitriles is 1. The van der Waals surface area contributed by atoms with Crippen LogP contribution in [0.1, 0.15) is 24.5 Å². The number of pyridine rings is 1. The van der Waals surface area contributed by atoms with E-state index in [1.807, 2.05) is 12.1 Å². The predicted octanol–water partition coefficient (Wildman–Crippen LogP) is 3.28. The Morgan fingerprint density at radius 2 is 2.00 bits per heavy atom. The topological polar surface area (TPSA) is 52.0 Å². The molecule has 1 aromatic carbocycles. The minimum absolute atomic E-state index is 0.478. The molecule has 0 spiro atoms. The lowest BCUT2D eigenvalue weighted by molar-refractivity contribution is 0.242. The molecule has 0 aliphatic rings. The van der Waals surface area contributed by atoms with Crippen molar-refractivity contribution in [1.29, 1.82) is 5.26 Å². The molecule has 114 valence electrons. The van der Waals surface area contributed by atoms with Crippen LogP contribution in [0.3, 0.4) is 0 Å². The zero-order valence-electron chi connectivity index (χ0n) is 13.2. The van der Waals surface area contributed by atoms with E-state index in [4.69, 9.17) is 5.26 Å². The molecule has 0 amide bonds. The lowest BCUT2D eigenvalue weighted by Gasteiger charge is -2.25. The molecule has 4 nitrogen and oxygen atoms in total. The van der Waals surface area contributed by atoms with Crippen molar-refractivity contribution in [2.45, 2.75) is 25.9 Å². The summed E-state index contributed by atoms with van der Waals surface area (Å²) in [5.74, 6) is 0.817. The maximum absolute atomic E-state index is 8.74. The van der Waals surface area contributed by atoms with Gasteiger partial charge in [0.2, 0.25) is 0 Å². The van der Waals surface area contributed by atoms with Gasteiger partial charge in [-0.15, -0.1) is 0 Å². The molecule has 1 aromatic heterocycles. The van der Waals surface area contributed by atoms with Gasteiger partial charge in [-0.1, -0.05) is 30.3 Å². The van der Waals surface area contributed by atoms with E-state index in [1.165, 1.54) is 5.56 Å². The highest BCUT2D eigenvalue weighted by Crippen LogP contribution is 2.09. The summed E-state index contributed by atoms with van der Waals surface area (Å²) in [5, 5.41) is 12.0. The molecular weight excluding hydrogens is 272 g/mol. The van der Waals surface area contributed by atoms with Crippen molar-refractivity contribution in [2.24, 2.45) is 0 Å². The molecule has 0 radical (unpaired) electrons. The van der Waals surface area contributed by atoms with Gasteiger partial charge in [-0.05, 0) is 38.1 Å². The van der Waals surface area contributed by atoms with Crippen LogP contribution in [0.2, 0.25) is 0 Å². The van der Waals surface area contributed by atoms with Gasteiger partial charge in [0.1, 0.15) is 11.9 Å². The van der Waals surface area contributed by atoms with Crippen LogP contribution in [0.4, 0.5) is 5.82 Å². The van der Waals surface area contributed by atoms with E-state index in [9.17, 15) is 0 Å². The first kappa shape index (κ1) is 16.0. The van der Waals surface area contributed by atoms with Crippen LogP contribution in [0.5, 0.6) is 0 Å². The van der Waals surface area contributed by atoms with Gasteiger partial charge in [0.25, 0.3) is 0 Å². The minimum atomic E-state index is 0.478. The van der Waals surface area contributed by atoms with Gasteiger partial charge in [-0.2, -0.15) is 5.26 Å². The van der Waals surface area contributed by atoms with E-state index in [0.717, 1.165) is 25.3 Å². The van der Waals surface area contributed by atoms with Crippen molar-refractivity contribution in [2.75, 3.05) is 18.9 Å². The summed E-state index contributed by atoms with van der Waals surface area (Å²) in [6, 6.07) is 16.7. The van der Waals surface area contributed by atoms with Crippen molar-refractivity contribution in [3.8, 4) is 6.07 Å². The molecule has 0 aliphatic heterocycles. The van der Waals surface area contributed by atoms with E-state index < -0.39 is 0 Å². The highest BCUT2D eigenvalue weighted by atomic mass is 15.1. The highest BCUT2D eigenvalue weighted by Gasteiger charge is 2.09. The van der Waals surface area contributed by atoms with Crippen molar-refractivity contribution < 1.29 is 0 Å². The third-order valence-corrected chi connectivity index (χ3v) is 3.79. The van der Waals surface area contributed by atoms with Crippen molar-refractivity contribution in [1.82, 2.24) is 9.88 Å². The number of nitrogens with zero attached hydrogens (tertiary/aromatic N) is 3. The Labute approximate surface area is 132 Å². The maximum Gasteiger partial charge on any atom is 0.125 e. The molecule has 1 N–H and O–H groups in total. The number of nitrogens with one attached hydrogen (secondary N) is 1. The van der Waals surface area contributed by atoms with Gasteiger partial charge >= 0.3 is 0 Å². The minimum Gasteiger partial charge on any atom is -0.370 e. The average Bonchev–Trinajstić information content (AvgIpc) is 2.56. The number of aromatic nitrogens is 1. The van der Waals surface area contributed by atoms with Crippen LogP contribution in [-0.2, 0) is 6.54 Å². The van der Waals surface area contributed by atoms with Gasteiger partial charge in [-0.25, -0.2) is 4.98 Å². The second-order valence-corrected chi connectivity index (χ2v) is 5.51. The Hall–Kier alpha value is -2.38. The molecule has 1 atom stereocenters. The fourth-order valence-electron chi connectivity index (χ4n) is 2.22. The number of rotatable bonds is 7. The van der Waals surface area contributed by atoms with E-state index in [-0.39, 0.29) is 0 Å². The highest BCUT2D eigenvalue weighted by molar-refractivity contribution is 5.38. The molecule has 0 bridgehead atoms. The Kier molecular flexibility index (Phi) is 5.93. The number of benzene rings is 1. The Morgan fingerprint density at radius 3 is 2.64 bits per heavy atom. The summed E-state index contributed by atoms with van der Waals surface area (Å²) in [7, 11) is 2.15. The Balaban J connectivity index is 1.74. The molecule has 2 aromatic rings. The summed E-state index contributed by atoms with van der Waals surface area (Å²) >= 11 is 0. The summed E-state index contributed by atoms with van der Waals surface area (Å²) in [6.45, 7) is 4.05. The largest absolute Gasteiger partial charge is 0.370 e. The van der Waals surface area contributed by atoms with Crippen molar-refractivity contribution >= 4 is 5.82 Å². The van der Waals surface area contributed by atoms with E-state index in [0.29, 0.717) is 11.6 Å². The second-order valence-electron chi connectivity index (χ2n) is 5.51. The molecule has 0 saturated heterocycles. The SMILES string of the molecule is CC(CCNc1ccc(C#N)cn1)N(C)Cc1ccccc1. The number of hydrogen-bond donors (Lipinski definition) is 1. The first-order valence-corrected chi connectivity index (χ1v) is 7.53. The third-order valence-electron chi connectivity index (χ3n) is 3.79. The molecule has 22 heavy (non-hydrogen) atoms. The van der Waals surface area contributed by atoms with Crippen LogP contribution in [0.15, 0.2) is 48.7 Å². The summed E-state index contributed by atoms with van der Waals surface area (Å²) in [4.78, 5) is 6.56. The van der Waals surface area contributed by atoms with Crippen LogP contribution >= 0.6 is 0 Å². The van der Waals surface area contributed by atoms with Gasteiger partial charge < -0.3 is 5.32 Å². The number of anilines is 1. The first-order chi connectivity index (χ1) is 10.7. The van der Waals surface area contributed by atoms with E-state index in [1.54, 1.807) is 12.3 Å². The molecule has 4 heteroatoms. The van der Waals surface area contributed by atoms with Gasteiger partial charge in [0.05, 0.1) is 5.56 Å². The quantitative estimate of drug-likeness (QED) is 0.851. The summed E-state index contributed by atoms with van der Waals surface area (Å²) in [5.41, 5.74) is 1.92. The van der Waals surface area contributed by atoms with Crippen LogP contribution in [0.25, 0.3) is 0 Å². The summed E-state index contributed by atoms with van der Waals surface area (Å²) < 4.78 is 0. The lowest BCUT2D eigenvalue weighted by Crippen LogP contribution is -2.30. The molecule has 0 saturated carbocycles. The zero-order chi connectivity index (χ0) is 15.8. The van der Waals surface area contributed by atoms with Crippen LogP contribution < -0.4 is 5.32 Å². The smallest absolute Gasteiger partial charge is 0.125 e. The summed E-state index contributed by atoms with van der Waals surface area (Å²) in [6.07, 6.45) is 2.62. The van der Waals surface area contributed by atoms with Crippen molar-refractivity contribution in [3.63, 3.8) is 0 Å². The normalized spacial score (nSPS) is 11.9. The lowest BCUT2D eigenvalue weighted by atomic mass is 10.1. The molecular formula is C18H22N4. The first-order valence-electron chi connectivity index (χ1n) is 7.53. The number of hydrogen-bond acceptors (Lipinski definition) is 4. The monoisotopic (exact) mass is 294 g/mol. The maximum atomic E-state index is 8.74. The van der Waals surface area contributed by atoms with Crippen molar-refractivity contribution in [3.05, 3.63) is 59.8 Å². The fraction of sp³-hybridized carbons (Fsp3) is 0.333. The fourth-order valence-corrected chi connectivity index (χ4v) is 2.22. The van der Waals surface area contributed by atoms with Gasteiger partial charge in [-0.3, -0.25) is 4.90 Å². The van der Waals surface area contributed by atoms with Gasteiger partial charge in [0.15, 0.2) is 0 Å². The average molecular weight is 294 g/mol. The van der Waals surface area contributed by atoms with E-state index in [2.05, 4.69) is 59.5 Å². The van der Waals surface area contributed by atoms with E-state index >= 15 is 0 Å². The third kappa shape index (κ3) is 4.87. The standard InChI is InChI=1S/C18H22N4/c1-15(22(2)14-16-6-4-3-5-7-16)10-11-20-18-9-8-17(12-19)13-21-18/h3-9,13,15H,10-11,14H2,1-2H3,(H,20,21). The molecule has 1 unspecified atom stereocenters. The van der Waals surface area contributed by atoms with Crippen LogP contribution in [0, 0.1) is 11.3 Å². The molecule has 0 fully saturated rings. The Morgan fingerprint density at radius 1 is 1.23 bits per heavy atom. The molecule has 1 heterocycles.